The normalized spacial score (nSPS) is 10.3. The summed E-state index contributed by atoms with van der Waals surface area (Å²) in [5.74, 6) is 0.352. The topological polar surface area (TPSA) is 58.1 Å². The fourth-order valence-corrected chi connectivity index (χ4v) is 2.53. The Kier molecular flexibility index (Phi) is 5.04. The average molecular weight is 332 g/mol. The van der Waals surface area contributed by atoms with Crippen LogP contribution in [0.3, 0.4) is 0 Å². The summed E-state index contributed by atoms with van der Waals surface area (Å²) in [5, 5.41) is 2.89. The number of aromatic nitrogens is 2. The van der Waals surface area contributed by atoms with E-state index in [1.54, 1.807) is 12.4 Å². The highest BCUT2D eigenvalue weighted by molar-refractivity contribution is 6.04. The third-order valence-electron chi connectivity index (χ3n) is 3.92. The molecule has 5 heteroatoms. The van der Waals surface area contributed by atoms with Gasteiger partial charge in [-0.3, -0.25) is 4.79 Å². The molecule has 0 bridgehead atoms. The van der Waals surface area contributed by atoms with Gasteiger partial charge in [0.05, 0.1) is 5.56 Å². The number of hydrogen-bond acceptors (Lipinski definition) is 4. The summed E-state index contributed by atoms with van der Waals surface area (Å²) in [7, 11) is 0. The number of carbonyl (C=O) groups is 1. The van der Waals surface area contributed by atoms with E-state index in [0.29, 0.717) is 11.5 Å². The zero-order valence-electron chi connectivity index (χ0n) is 14.3. The van der Waals surface area contributed by atoms with E-state index >= 15 is 0 Å². The Morgan fingerprint density at radius 3 is 2.28 bits per heavy atom. The minimum Gasteiger partial charge on any atom is -0.322 e. The van der Waals surface area contributed by atoms with E-state index in [4.69, 9.17) is 0 Å². The van der Waals surface area contributed by atoms with Gasteiger partial charge in [-0.2, -0.15) is 0 Å². The molecule has 0 radical (unpaired) electrons. The monoisotopic (exact) mass is 332 g/mol. The first-order valence-electron chi connectivity index (χ1n) is 8.20. The Hall–Kier alpha value is -3.21. The third-order valence-corrected chi connectivity index (χ3v) is 3.92. The molecule has 0 aliphatic carbocycles. The van der Waals surface area contributed by atoms with Gasteiger partial charge in [0.1, 0.15) is 0 Å². The van der Waals surface area contributed by atoms with Crippen molar-refractivity contribution in [2.45, 2.75) is 13.8 Å². The number of nitrogens with one attached hydrogen (secondary N) is 1. The highest BCUT2D eigenvalue weighted by atomic mass is 16.1. The fourth-order valence-electron chi connectivity index (χ4n) is 2.53. The maximum absolute atomic E-state index is 12.4. The maximum Gasteiger partial charge on any atom is 0.258 e. The number of rotatable bonds is 5. The van der Waals surface area contributed by atoms with Gasteiger partial charge in [0.25, 0.3) is 5.91 Å². The van der Waals surface area contributed by atoms with Crippen molar-refractivity contribution in [2.24, 2.45) is 0 Å². The molecular weight excluding hydrogens is 312 g/mol. The molecule has 1 heterocycles. The van der Waals surface area contributed by atoms with Crippen LogP contribution in [0.1, 0.15) is 22.8 Å². The van der Waals surface area contributed by atoms with Crippen LogP contribution in [-0.2, 0) is 0 Å². The van der Waals surface area contributed by atoms with Gasteiger partial charge in [0, 0.05) is 30.3 Å². The molecule has 0 atom stereocenters. The van der Waals surface area contributed by atoms with Crippen molar-refractivity contribution in [1.29, 1.82) is 0 Å². The standard InChI is InChI=1S/C20H20N4O/c1-3-24(17-10-5-4-6-11-17)20-21-13-16(14-22-20)19(25)23-18-12-8-7-9-15(18)2/h4-14H,3H2,1-2H3,(H,23,25). The summed E-state index contributed by atoms with van der Waals surface area (Å²) in [6, 6.07) is 17.6. The van der Waals surface area contributed by atoms with Crippen molar-refractivity contribution in [1.82, 2.24) is 9.97 Å². The van der Waals surface area contributed by atoms with Crippen LogP contribution in [0, 0.1) is 6.92 Å². The summed E-state index contributed by atoms with van der Waals surface area (Å²) < 4.78 is 0. The van der Waals surface area contributed by atoms with Gasteiger partial charge in [0.15, 0.2) is 0 Å². The molecule has 0 saturated heterocycles. The summed E-state index contributed by atoms with van der Waals surface area (Å²) in [5.41, 5.74) is 3.24. The molecule has 0 aliphatic heterocycles. The van der Waals surface area contributed by atoms with Crippen LogP contribution in [0.15, 0.2) is 67.0 Å². The van der Waals surface area contributed by atoms with Gasteiger partial charge < -0.3 is 10.2 Å². The quantitative estimate of drug-likeness (QED) is 0.761. The fraction of sp³-hybridized carbons (Fsp3) is 0.150. The van der Waals surface area contributed by atoms with Crippen molar-refractivity contribution in [3.05, 3.63) is 78.1 Å². The Morgan fingerprint density at radius 1 is 1.00 bits per heavy atom. The van der Waals surface area contributed by atoms with E-state index in [9.17, 15) is 4.79 Å². The van der Waals surface area contributed by atoms with Gasteiger partial charge in [-0.1, -0.05) is 36.4 Å². The van der Waals surface area contributed by atoms with Crippen LogP contribution in [0.2, 0.25) is 0 Å². The van der Waals surface area contributed by atoms with E-state index in [0.717, 1.165) is 23.5 Å². The number of hydrogen-bond donors (Lipinski definition) is 1. The summed E-state index contributed by atoms with van der Waals surface area (Å²) in [6.45, 7) is 4.72. The zero-order valence-corrected chi connectivity index (χ0v) is 14.3. The third kappa shape index (κ3) is 3.83. The largest absolute Gasteiger partial charge is 0.322 e. The van der Waals surface area contributed by atoms with Gasteiger partial charge >= 0.3 is 0 Å². The SMILES string of the molecule is CCN(c1ccccc1)c1ncc(C(=O)Nc2ccccc2C)cn1. The Morgan fingerprint density at radius 2 is 1.64 bits per heavy atom. The summed E-state index contributed by atoms with van der Waals surface area (Å²) in [4.78, 5) is 23.1. The van der Waals surface area contributed by atoms with E-state index < -0.39 is 0 Å². The molecule has 25 heavy (non-hydrogen) atoms. The lowest BCUT2D eigenvalue weighted by molar-refractivity contribution is 0.102. The number of aryl methyl sites for hydroxylation is 1. The molecule has 5 nitrogen and oxygen atoms in total. The lowest BCUT2D eigenvalue weighted by atomic mass is 10.2. The second kappa shape index (κ2) is 7.57. The van der Waals surface area contributed by atoms with Gasteiger partial charge in [-0.05, 0) is 37.6 Å². The number of carbonyl (C=O) groups excluding carboxylic acids is 1. The predicted molar refractivity (Wildman–Crippen MR) is 100 cm³/mol. The van der Waals surface area contributed by atoms with Crippen molar-refractivity contribution >= 4 is 23.2 Å². The van der Waals surface area contributed by atoms with Crippen LogP contribution in [0.4, 0.5) is 17.3 Å². The van der Waals surface area contributed by atoms with Crippen LogP contribution in [0.25, 0.3) is 0 Å². The highest BCUT2D eigenvalue weighted by Crippen LogP contribution is 2.21. The lowest BCUT2D eigenvalue weighted by Crippen LogP contribution is -2.20. The van der Waals surface area contributed by atoms with E-state index in [1.165, 1.54) is 0 Å². The van der Waals surface area contributed by atoms with Gasteiger partial charge in [0.2, 0.25) is 5.95 Å². The molecule has 0 spiro atoms. The molecule has 0 saturated carbocycles. The van der Waals surface area contributed by atoms with Gasteiger partial charge in [-0.25, -0.2) is 9.97 Å². The van der Waals surface area contributed by atoms with Crippen molar-refractivity contribution in [3.63, 3.8) is 0 Å². The van der Waals surface area contributed by atoms with Crippen molar-refractivity contribution in [2.75, 3.05) is 16.8 Å². The average Bonchev–Trinajstić information content (AvgIpc) is 2.66. The number of anilines is 3. The first kappa shape index (κ1) is 16.6. The number of nitrogens with zero attached hydrogens (tertiary/aromatic N) is 3. The molecule has 2 aromatic carbocycles. The zero-order chi connectivity index (χ0) is 17.6. The van der Waals surface area contributed by atoms with E-state index in [2.05, 4.69) is 15.3 Å². The summed E-state index contributed by atoms with van der Waals surface area (Å²) in [6.07, 6.45) is 3.11. The molecule has 0 fully saturated rings. The first-order chi connectivity index (χ1) is 12.2. The highest BCUT2D eigenvalue weighted by Gasteiger charge is 2.12. The second-order valence-electron chi connectivity index (χ2n) is 5.62. The van der Waals surface area contributed by atoms with E-state index in [-0.39, 0.29) is 5.91 Å². The summed E-state index contributed by atoms with van der Waals surface area (Å²) >= 11 is 0. The van der Waals surface area contributed by atoms with Crippen LogP contribution >= 0.6 is 0 Å². The number of benzene rings is 2. The minimum absolute atomic E-state index is 0.219. The van der Waals surface area contributed by atoms with Crippen molar-refractivity contribution in [3.8, 4) is 0 Å². The molecule has 1 amide bonds. The van der Waals surface area contributed by atoms with Crippen molar-refractivity contribution < 1.29 is 4.79 Å². The van der Waals surface area contributed by atoms with Crippen LogP contribution in [-0.4, -0.2) is 22.4 Å². The predicted octanol–water partition coefficient (Wildman–Crippen LogP) is 4.20. The Labute approximate surface area is 147 Å². The second-order valence-corrected chi connectivity index (χ2v) is 5.62. The number of amides is 1. The molecule has 1 N–H and O–H groups in total. The van der Waals surface area contributed by atoms with Crippen LogP contribution < -0.4 is 10.2 Å². The van der Waals surface area contributed by atoms with Crippen LogP contribution in [0.5, 0.6) is 0 Å². The minimum atomic E-state index is -0.219. The molecule has 1 aromatic heterocycles. The first-order valence-corrected chi connectivity index (χ1v) is 8.20. The molecular formula is C20H20N4O. The Bertz CT molecular complexity index is 847. The molecule has 126 valence electrons. The molecule has 0 unspecified atom stereocenters. The van der Waals surface area contributed by atoms with E-state index in [1.807, 2.05) is 73.3 Å². The van der Waals surface area contributed by atoms with Gasteiger partial charge in [-0.15, -0.1) is 0 Å². The molecule has 0 aliphatic rings. The smallest absolute Gasteiger partial charge is 0.258 e. The maximum atomic E-state index is 12.4. The molecule has 3 aromatic rings. The molecule has 3 rings (SSSR count). The lowest BCUT2D eigenvalue weighted by Gasteiger charge is -2.20. The number of para-hydroxylation sites is 2. The Balaban J connectivity index is 1.77.